The summed E-state index contributed by atoms with van der Waals surface area (Å²) in [6.07, 6.45) is 6.69. The summed E-state index contributed by atoms with van der Waals surface area (Å²) in [5.74, 6) is -2.14. The number of thiophene rings is 1. The first-order valence-corrected chi connectivity index (χ1v) is 14.2. The van der Waals surface area contributed by atoms with Gasteiger partial charge in [0.15, 0.2) is 11.5 Å². The first-order chi connectivity index (χ1) is 20.3. The molecule has 0 saturated carbocycles. The average molecular weight is 590 g/mol. The summed E-state index contributed by atoms with van der Waals surface area (Å²) in [5, 5.41) is 6.70. The van der Waals surface area contributed by atoms with Gasteiger partial charge >= 0.3 is 23.8 Å². The fourth-order valence-corrected chi connectivity index (χ4v) is 5.75. The number of nitrogens with zero attached hydrogens (tertiary/aromatic N) is 1. The van der Waals surface area contributed by atoms with Crippen molar-refractivity contribution in [2.24, 2.45) is 11.0 Å². The lowest BCUT2D eigenvalue weighted by molar-refractivity contribution is -0.136. The van der Waals surface area contributed by atoms with Crippen molar-refractivity contribution >= 4 is 52.4 Å². The summed E-state index contributed by atoms with van der Waals surface area (Å²) in [6, 6.07) is 14.0. The van der Waals surface area contributed by atoms with Gasteiger partial charge in [0.25, 0.3) is 0 Å². The van der Waals surface area contributed by atoms with Gasteiger partial charge in [-0.2, -0.15) is 5.10 Å². The molecule has 2 N–H and O–H groups in total. The fourth-order valence-electron chi connectivity index (χ4n) is 4.35. The van der Waals surface area contributed by atoms with E-state index in [2.05, 4.69) is 22.8 Å². The number of ether oxygens (including phenoxy) is 3. The second kappa shape index (κ2) is 14.2. The van der Waals surface area contributed by atoms with Crippen molar-refractivity contribution in [3.05, 3.63) is 81.7 Å². The van der Waals surface area contributed by atoms with Gasteiger partial charge in [-0.3, -0.25) is 9.59 Å². The zero-order valence-electron chi connectivity index (χ0n) is 23.5. The van der Waals surface area contributed by atoms with Crippen LogP contribution in [0.4, 0.5) is 5.00 Å². The molecule has 0 unspecified atom stereocenters. The molecule has 1 aliphatic carbocycles. The molecule has 1 heterocycles. The van der Waals surface area contributed by atoms with E-state index in [-0.39, 0.29) is 18.1 Å². The molecule has 218 valence electrons. The number of hydrazone groups is 1. The van der Waals surface area contributed by atoms with Crippen molar-refractivity contribution < 1.29 is 33.4 Å². The van der Waals surface area contributed by atoms with Crippen LogP contribution >= 0.6 is 11.3 Å². The minimum atomic E-state index is -1.01. The van der Waals surface area contributed by atoms with Gasteiger partial charge < -0.3 is 19.5 Å². The Hall–Kier alpha value is -4.77. The predicted octanol–water partition coefficient (Wildman–Crippen LogP) is 4.77. The van der Waals surface area contributed by atoms with Gasteiger partial charge in [0.1, 0.15) is 5.00 Å². The van der Waals surface area contributed by atoms with E-state index in [1.165, 1.54) is 36.8 Å². The maximum absolute atomic E-state index is 12.7. The fraction of sp³-hybridized carbons (Fsp3) is 0.258. The van der Waals surface area contributed by atoms with Crippen LogP contribution in [0, 0.1) is 5.92 Å². The average Bonchev–Trinajstić information content (AvgIpc) is 3.34. The zero-order chi connectivity index (χ0) is 30.1. The molecule has 0 saturated heterocycles. The van der Waals surface area contributed by atoms with Crippen molar-refractivity contribution in [2.45, 2.75) is 33.1 Å². The molecule has 42 heavy (non-hydrogen) atoms. The third-order valence-electron chi connectivity index (χ3n) is 6.41. The molecule has 0 fully saturated rings. The molecule has 4 rings (SSSR count). The number of hydrogen-bond acceptors (Lipinski definition) is 9. The Kier molecular flexibility index (Phi) is 10.2. The predicted molar refractivity (Wildman–Crippen MR) is 160 cm³/mol. The Labute approximate surface area is 247 Å². The summed E-state index contributed by atoms with van der Waals surface area (Å²) >= 11 is 1.29. The Morgan fingerprint density at radius 2 is 1.83 bits per heavy atom. The first kappa shape index (κ1) is 30.2. The van der Waals surface area contributed by atoms with Crippen molar-refractivity contribution in [2.75, 3.05) is 19.0 Å². The Balaban J connectivity index is 1.37. The summed E-state index contributed by atoms with van der Waals surface area (Å²) in [4.78, 5) is 51.0. The molecule has 2 aromatic carbocycles. The maximum atomic E-state index is 12.7. The Bertz CT molecular complexity index is 1530. The smallest absolute Gasteiger partial charge is 0.341 e. The van der Waals surface area contributed by atoms with Crippen LogP contribution in [0.2, 0.25) is 0 Å². The standard InChI is InChI=1S/C31H31N3O7S/c1-4-40-31(38)27-22-13-10-19(2)16-25(22)42-30(27)33-28(36)29(37)34-32-18-21-11-14-23(24(17-21)39-3)41-26(35)15-12-20-8-6-5-7-9-20/h5-9,11-12,14-15,17-19H,4,10,13,16H2,1-3H3,(H,33,36)(H,34,37)/b15-12+,32-18-/t19-/m0/s1. The molecule has 0 radical (unpaired) electrons. The number of esters is 2. The number of rotatable bonds is 9. The number of fused-ring (bicyclic) bond motifs is 1. The monoisotopic (exact) mass is 589 g/mol. The van der Waals surface area contributed by atoms with Crippen LogP contribution in [-0.2, 0) is 32.0 Å². The number of nitrogens with one attached hydrogen (secondary N) is 2. The van der Waals surface area contributed by atoms with Crippen molar-refractivity contribution in [3.63, 3.8) is 0 Å². The van der Waals surface area contributed by atoms with E-state index in [1.54, 1.807) is 25.1 Å². The highest BCUT2D eigenvalue weighted by Gasteiger charge is 2.30. The molecule has 11 heteroatoms. The second-order valence-electron chi connectivity index (χ2n) is 9.51. The van der Waals surface area contributed by atoms with Gasteiger partial charge in [0, 0.05) is 11.0 Å². The first-order valence-electron chi connectivity index (χ1n) is 13.4. The van der Waals surface area contributed by atoms with Gasteiger partial charge in [-0.1, -0.05) is 37.3 Å². The van der Waals surface area contributed by atoms with E-state index in [0.29, 0.717) is 28.5 Å². The largest absolute Gasteiger partial charge is 0.493 e. The Morgan fingerprint density at radius 1 is 1.05 bits per heavy atom. The maximum Gasteiger partial charge on any atom is 0.341 e. The Morgan fingerprint density at radius 3 is 2.57 bits per heavy atom. The third kappa shape index (κ3) is 7.70. The summed E-state index contributed by atoms with van der Waals surface area (Å²) in [7, 11) is 1.42. The number of amides is 2. The topological polar surface area (TPSA) is 132 Å². The van der Waals surface area contributed by atoms with Crippen molar-refractivity contribution in [1.29, 1.82) is 0 Å². The van der Waals surface area contributed by atoms with Crippen molar-refractivity contribution in [1.82, 2.24) is 5.43 Å². The van der Waals surface area contributed by atoms with Crippen LogP contribution in [0.5, 0.6) is 11.5 Å². The van der Waals surface area contributed by atoms with Crippen molar-refractivity contribution in [3.8, 4) is 11.5 Å². The van der Waals surface area contributed by atoms with Gasteiger partial charge in [0.2, 0.25) is 0 Å². The van der Waals surface area contributed by atoms with E-state index in [9.17, 15) is 19.2 Å². The summed E-state index contributed by atoms with van der Waals surface area (Å²) < 4.78 is 15.9. The van der Waals surface area contributed by atoms with Gasteiger partial charge in [0.05, 0.1) is 25.5 Å². The van der Waals surface area contributed by atoms with Crippen LogP contribution < -0.4 is 20.2 Å². The van der Waals surface area contributed by atoms with E-state index < -0.39 is 23.8 Å². The van der Waals surface area contributed by atoms with E-state index in [4.69, 9.17) is 14.2 Å². The van der Waals surface area contributed by atoms with Crippen LogP contribution in [0.3, 0.4) is 0 Å². The SMILES string of the molecule is CCOC(=O)c1c(NC(=O)C(=O)N/N=C\c2ccc(OC(=O)/C=C/c3ccccc3)c(OC)c2)sc2c1CC[C@H](C)C2. The molecule has 10 nitrogen and oxygen atoms in total. The zero-order valence-corrected chi connectivity index (χ0v) is 24.3. The summed E-state index contributed by atoms with van der Waals surface area (Å²) in [6.45, 7) is 4.04. The van der Waals surface area contributed by atoms with Gasteiger partial charge in [-0.25, -0.2) is 15.0 Å². The highest BCUT2D eigenvalue weighted by atomic mass is 32.1. The van der Waals surface area contributed by atoms with Gasteiger partial charge in [-0.05, 0) is 73.1 Å². The molecule has 1 atom stereocenters. The molecular formula is C31H31N3O7S. The highest BCUT2D eigenvalue weighted by molar-refractivity contribution is 7.17. The van der Waals surface area contributed by atoms with Crippen LogP contribution in [0.1, 0.15) is 52.2 Å². The van der Waals surface area contributed by atoms with E-state index in [0.717, 1.165) is 28.8 Å². The normalized spacial score (nSPS) is 14.3. The number of hydrogen-bond donors (Lipinski definition) is 2. The molecular weight excluding hydrogens is 558 g/mol. The van der Waals surface area contributed by atoms with E-state index >= 15 is 0 Å². The number of carbonyl (C=O) groups excluding carboxylic acids is 4. The van der Waals surface area contributed by atoms with E-state index in [1.807, 2.05) is 30.3 Å². The van der Waals surface area contributed by atoms with Crippen LogP contribution in [0.15, 0.2) is 59.7 Å². The lowest BCUT2D eigenvalue weighted by Crippen LogP contribution is -2.32. The molecule has 0 bridgehead atoms. The lowest BCUT2D eigenvalue weighted by atomic mass is 9.88. The molecule has 2 amide bonds. The van der Waals surface area contributed by atoms with Gasteiger partial charge in [-0.15, -0.1) is 11.3 Å². The highest BCUT2D eigenvalue weighted by Crippen LogP contribution is 2.40. The third-order valence-corrected chi connectivity index (χ3v) is 7.58. The molecule has 3 aromatic rings. The number of anilines is 1. The number of carbonyl (C=O) groups is 4. The molecule has 1 aliphatic rings. The number of methoxy groups -OCH3 is 1. The molecule has 0 spiro atoms. The molecule has 1 aromatic heterocycles. The molecule has 0 aliphatic heterocycles. The summed E-state index contributed by atoms with van der Waals surface area (Å²) in [5.41, 5.74) is 4.74. The second-order valence-corrected chi connectivity index (χ2v) is 10.6. The quantitative estimate of drug-likeness (QED) is 0.0918. The minimum Gasteiger partial charge on any atom is -0.493 e. The van der Waals surface area contributed by atoms with Crippen LogP contribution in [-0.4, -0.2) is 43.7 Å². The van der Waals surface area contributed by atoms with Crippen LogP contribution in [0.25, 0.3) is 6.08 Å². The lowest BCUT2D eigenvalue weighted by Gasteiger charge is -2.18. The number of benzene rings is 2. The minimum absolute atomic E-state index is 0.196.